The first-order chi connectivity index (χ1) is 12.0. The number of carbonyl (C=O) groups excluding carboxylic acids is 3. The Kier molecular flexibility index (Phi) is 4.34. The summed E-state index contributed by atoms with van der Waals surface area (Å²) < 4.78 is 21.2. The van der Waals surface area contributed by atoms with Gasteiger partial charge in [0.2, 0.25) is 11.7 Å². The molecule has 2 aliphatic rings. The first-order valence-electron chi connectivity index (χ1n) is 7.77. The van der Waals surface area contributed by atoms with Crippen LogP contribution in [0.25, 0.3) is 0 Å². The molecule has 25 heavy (non-hydrogen) atoms. The zero-order chi connectivity index (χ0) is 18.2. The second kappa shape index (κ2) is 6.33. The van der Waals surface area contributed by atoms with Crippen LogP contribution in [0.3, 0.4) is 0 Å². The Balaban J connectivity index is 2.21. The van der Waals surface area contributed by atoms with Crippen molar-refractivity contribution in [3.63, 3.8) is 0 Å². The number of allylic oxidation sites excluding steroid dienone is 1. The average molecular weight is 346 g/mol. The second-order valence-electron chi connectivity index (χ2n) is 5.76. The van der Waals surface area contributed by atoms with Crippen LogP contribution in [0, 0.1) is 11.3 Å². The highest BCUT2D eigenvalue weighted by molar-refractivity contribution is 6.12. The summed E-state index contributed by atoms with van der Waals surface area (Å²) in [5.74, 6) is -3.07. The van der Waals surface area contributed by atoms with Gasteiger partial charge in [-0.2, -0.15) is 0 Å². The van der Waals surface area contributed by atoms with Crippen molar-refractivity contribution in [3.05, 3.63) is 42.0 Å². The van der Waals surface area contributed by atoms with Crippen molar-refractivity contribution in [1.82, 2.24) is 0 Å². The Hall–Kier alpha value is -2.67. The molecule has 0 spiro atoms. The number of Topliss-reactive ketones (excluding diaryl/α,β-unsaturated/α-hetero) is 1. The molecule has 2 aliphatic heterocycles. The third kappa shape index (κ3) is 2.26. The lowest BCUT2D eigenvalue weighted by atomic mass is 9.68. The number of carbonyl (C=O) groups is 3. The quantitative estimate of drug-likeness (QED) is 0.466. The van der Waals surface area contributed by atoms with E-state index in [9.17, 15) is 14.4 Å². The lowest BCUT2D eigenvalue weighted by Gasteiger charge is -2.33. The van der Waals surface area contributed by atoms with Gasteiger partial charge in [0.1, 0.15) is 17.8 Å². The third-order valence-corrected chi connectivity index (χ3v) is 4.58. The van der Waals surface area contributed by atoms with Crippen LogP contribution in [0.4, 0.5) is 0 Å². The Morgan fingerprint density at radius 2 is 1.80 bits per heavy atom. The van der Waals surface area contributed by atoms with Crippen molar-refractivity contribution < 1.29 is 33.3 Å². The molecule has 0 N–H and O–H groups in total. The van der Waals surface area contributed by atoms with Gasteiger partial charge in [-0.15, -0.1) is 0 Å². The third-order valence-electron chi connectivity index (χ3n) is 4.58. The van der Waals surface area contributed by atoms with Crippen molar-refractivity contribution in [2.45, 2.75) is 19.3 Å². The number of fused-ring (bicyclic) bond motifs is 2. The van der Waals surface area contributed by atoms with Gasteiger partial charge in [-0.05, 0) is 19.1 Å². The summed E-state index contributed by atoms with van der Waals surface area (Å²) in [7, 11) is 2.30. The number of esters is 2. The summed E-state index contributed by atoms with van der Waals surface area (Å²) in [6, 6.07) is 6.61. The monoisotopic (exact) mass is 346 g/mol. The fourth-order valence-corrected chi connectivity index (χ4v) is 3.49. The molecule has 7 nitrogen and oxygen atoms in total. The molecule has 0 saturated carbocycles. The minimum atomic E-state index is -1.97. The zero-order valence-electron chi connectivity index (χ0n) is 14.1. The summed E-state index contributed by atoms with van der Waals surface area (Å²) in [5.41, 5.74) is -1.68. The molecule has 0 amide bonds. The van der Waals surface area contributed by atoms with Crippen molar-refractivity contribution >= 4 is 17.7 Å². The number of hydrogen-bond acceptors (Lipinski definition) is 7. The molecule has 0 radical (unpaired) electrons. The Morgan fingerprint density at radius 1 is 1.16 bits per heavy atom. The molecule has 132 valence electrons. The number of para-hydroxylation sites is 1. The largest absolute Gasteiger partial charge is 0.468 e. The van der Waals surface area contributed by atoms with Gasteiger partial charge >= 0.3 is 11.9 Å². The molecule has 2 heterocycles. The number of ketones is 1. The summed E-state index contributed by atoms with van der Waals surface area (Å²) in [4.78, 5) is 38.5. The Labute approximate surface area is 144 Å². The molecule has 0 aliphatic carbocycles. The van der Waals surface area contributed by atoms with Crippen molar-refractivity contribution in [2.75, 3.05) is 14.2 Å². The first kappa shape index (κ1) is 17.2. The van der Waals surface area contributed by atoms with E-state index in [4.69, 9.17) is 18.9 Å². The van der Waals surface area contributed by atoms with Gasteiger partial charge in [0, 0.05) is 0 Å². The highest BCUT2D eigenvalue weighted by Gasteiger charge is 2.71. The smallest absolute Gasteiger partial charge is 0.327 e. The number of benzene rings is 1. The van der Waals surface area contributed by atoms with Crippen LogP contribution in [0.1, 0.15) is 17.3 Å². The minimum absolute atomic E-state index is 0.283. The molecule has 1 aromatic rings. The van der Waals surface area contributed by atoms with E-state index < -0.39 is 41.4 Å². The topological polar surface area (TPSA) is 88.1 Å². The fourth-order valence-electron chi connectivity index (χ4n) is 3.49. The highest BCUT2D eigenvalue weighted by Crippen LogP contribution is 2.51. The summed E-state index contributed by atoms with van der Waals surface area (Å²) in [6.07, 6.45) is 1.00. The highest BCUT2D eigenvalue weighted by atomic mass is 16.7. The molecular formula is C18H18O7. The van der Waals surface area contributed by atoms with E-state index in [2.05, 4.69) is 0 Å². The van der Waals surface area contributed by atoms with Crippen LogP contribution in [-0.2, 0) is 23.8 Å². The van der Waals surface area contributed by atoms with Gasteiger partial charge in [0.05, 0.1) is 19.8 Å². The van der Waals surface area contributed by atoms with E-state index >= 15 is 0 Å². The molecule has 0 unspecified atom stereocenters. The first-order valence-corrected chi connectivity index (χ1v) is 7.77. The summed E-state index contributed by atoms with van der Waals surface area (Å²) >= 11 is 0. The summed E-state index contributed by atoms with van der Waals surface area (Å²) in [5, 5.41) is 0. The van der Waals surface area contributed by atoms with Crippen molar-refractivity contribution in [2.24, 2.45) is 11.3 Å². The Morgan fingerprint density at radius 3 is 2.40 bits per heavy atom. The molecule has 1 saturated heterocycles. The van der Waals surface area contributed by atoms with Crippen LogP contribution >= 0.6 is 0 Å². The van der Waals surface area contributed by atoms with E-state index in [1.54, 1.807) is 37.3 Å². The average Bonchev–Trinajstić information content (AvgIpc) is 2.95. The molecular weight excluding hydrogens is 328 g/mol. The minimum Gasteiger partial charge on any atom is -0.468 e. The molecule has 1 fully saturated rings. The summed E-state index contributed by atoms with van der Waals surface area (Å²) in [6.45, 7) is 1.71. The predicted molar refractivity (Wildman–Crippen MR) is 84.8 cm³/mol. The van der Waals surface area contributed by atoms with Crippen LogP contribution in [0.5, 0.6) is 5.75 Å². The zero-order valence-corrected chi connectivity index (χ0v) is 14.1. The van der Waals surface area contributed by atoms with Gasteiger partial charge in [-0.25, -0.2) is 0 Å². The van der Waals surface area contributed by atoms with E-state index in [1.165, 1.54) is 6.08 Å². The van der Waals surface area contributed by atoms with Crippen LogP contribution in [0.2, 0.25) is 0 Å². The SMILES string of the molecule is C/C=C\[C@@H]1O[C@H]2Oc3ccccc3C(=O)[C@H]2C1(C(=O)OC)C(=O)OC. The van der Waals surface area contributed by atoms with Crippen LogP contribution < -0.4 is 4.74 Å². The number of rotatable bonds is 3. The van der Waals surface area contributed by atoms with E-state index in [-0.39, 0.29) is 5.56 Å². The number of methoxy groups -OCH3 is 2. The van der Waals surface area contributed by atoms with Gasteiger partial charge in [0.25, 0.3) is 0 Å². The van der Waals surface area contributed by atoms with Gasteiger partial charge in [-0.3, -0.25) is 14.4 Å². The standard InChI is InChI=1S/C18H18O7/c1-4-7-12-18(16(20)22-2,17(21)23-3)13-14(19)10-8-5-6-9-11(10)24-15(13)25-12/h4-9,12-13,15H,1-3H3/b7-4-/t12-,13+,15+/m0/s1. The van der Waals surface area contributed by atoms with Crippen LogP contribution in [-0.4, -0.2) is 44.3 Å². The number of hydrogen-bond donors (Lipinski definition) is 0. The second-order valence-corrected chi connectivity index (χ2v) is 5.76. The van der Waals surface area contributed by atoms with Crippen LogP contribution in [0.15, 0.2) is 36.4 Å². The van der Waals surface area contributed by atoms with E-state index in [0.29, 0.717) is 5.75 Å². The maximum absolute atomic E-state index is 13.1. The lowest BCUT2D eigenvalue weighted by molar-refractivity contribution is -0.173. The molecule has 3 rings (SSSR count). The molecule has 0 aromatic heterocycles. The van der Waals surface area contributed by atoms with Gasteiger partial charge in [-0.1, -0.05) is 24.3 Å². The Bertz CT molecular complexity index is 736. The number of ether oxygens (including phenoxy) is 4. The maximum Gasteiger partial charge on any atom is 0.327 e. The molecule has 1 aromatic carbocycles. The van der Waals surface area contributed by atoms with E-state index in [1.807, 2.05) is 0 Å². The molecule has 0 bridgehead atoms. The maximum atomic E-state index is 13.1. The lowest BCUT2D eigenvalue weighted by Crippen LogP contribution is -2.55. The molecule has 3 atom stereocenters. The molecule has 7 heteroatoms. The van der Waals surface area contributed by atoms with E-state index in [0.717, 1.165) is 14.2 Å². The predicted octanol–water partition coefficient (Wildman–Crippen LogP) is 1.51. The van der Waals surface area contributed by atoms with Crippen molar-refractivity contribution in [1.29, 1.82) is 0 Å². The van der Waals surface area contributed by atoms with Gasteiger partial charge < -0.3 is 18.9 Å². The van der Waals surface area contributed by atoms with Crippen molar-refractivity contribution in [3.8, 4) is 5.75 Å². The normalized spacial score (nSPS) is 26.5. The van der Waals surface area contributed by atoms with Gasteiger partial charge in [0.15, 0.2) is 5.78 Å². The fraction of sp³-hybridized carbons (Fsp3) is 0.389.